The van der Waals surface area contributed by atoms with E-state index in [1.807, 2.05) is 6.92 Å². The molecular formula is C14H23NO3S. The van der Waals surface area contributed by atoms with Crippen LogP contribution in [0.2, 0.25) is 0 Å². The van der Waals surface area contributed by atoms with Crippen LogP contribution in [0.25, 0.3) is 0 Å². The summed E-state index contributed by atoms with van der Waals surface area (Å²) in [6.07, 6.45) is 0.909. The molecule has 5 heteroatoms. The zero-order valence-corrected chi connectivity index (χ0v) is 12.8. The van der Waals surface area contributed by atoms with Crippen molar-refractivity contribution in [2.24, 2.45) is 11.1 Å². The molecule has 0 aromatic heterocycles. The van der Waals surface area contributed by atoms with Crippen LogP contribution in [0.4, 0.5) is 0 Å². The van der Waals surface area contributed by atoms with E-state index in [-0.39, 0.29) is 10.8 Å². The fourth-order valence-electron chi connectivity index (χ4n) is 1.70. The van der Waals surface area contributed by atoms with Gasteiger partial charge >= 0.3 is 0 Å². The van der Waals surface area contributed by atoms with Crippen molar-refractivity contribution in [1.82, 2.24) is 0 Å². The fourth-order valence-corrected chi connectivity index (χ4v) is 2.25. The summed E-state index contributed by atoms with van der Waals surface area (Å²) in [5.41, 5.74) is 0.898. The Hall–Kier alpha value is -1.07. The molecule has 19 heavy (non-hydrogen) atoms. The molecule has 108 valence electrons. The van der Waals surface area contributed by atoms with E-state index < -0.39 is 10.0 Å². The summed E-state index contributed by atoms with van der Waals surface area (Å²) in [4.78, 5) is 0.139. The van der Waals surface area contributed by atoms with Gasteiger partial charge in [-0.3, -0.25) is 0 Å². The minimum absolute atomic E-state index is 0.139. The average molecular weight is 285 g/mol. The number of hydrogen-bond donors (Lipinski definition) is 1. The van der Waals surface area contributed by atoms with Crippen molar-refractivity contribution in [2.45, 2.75) is 44.9 Å². The second-order valence-electron chi connectivity index (χ2n) is 5.26. The Morgan fingerprint density at radius 2 is 1.89 bits per heavy atom. The van der Waals surface area contributed by atoms with Gasteiger partial charge in [-0.05, 0) is 42.0 Å². The van der Waals surface area contributed by atoms with Gasteiger partial charge in [-0.15, -0.1) is 0 Å². The number of hydrogen-bond acceptors (Lipinski definition) is 3. The highest BCUT2D eigenvalue weighted by atomic mass is 32.2. The van der Waals surface area contributed by atoms with Gasteiger partial charge in [-0.2, -0.15) is 0 Å². The van der Waals surface area contributed by atoms with Crippen molar-refractivity contribution in [2.75, 3.05) is 6.61 Å². The van der Waals surface area contributed by atoms with E-state index in [2.05, 4.69) is 20.8 Å². The van der Waals surface area contributed by atoms with Crippen molar-refractivity contribution < 1.29 is 13.2 Å². The summed E-state index contributed by atoms with van der Waals surface area (Å²) in [6, 6.07) is 4.82. The maximum absolute atomic E-state index is 11.4. The lowest BCUT2D eigenvalue weighted by Gasteiger charge is -2.17. The van der Waals surface area contributed by atoms with E-state index in [4.69, 9.17) is 9.88 Å². The molecule has 2 N–H and O–H groups in total. The molecule has 0 saturated heterocycles. The van der Waals surface area contributed by atoms with Gasteiger partial charge < -0.3 is 4.74 Å². The van der Waals surface area contributed by atoms with E-state index >= 15 is 0 Å². The van der Waals surface area contributed by atoms with Crippen LogP contribution in [0.5, 0.6) is 5.75 Å². The third-order valence-corrected chi connectivity index (χ3v) is 3.94. The molecule has 1 aromatic rings. The molecule has 0 radical (unpaired) electrons. The standard InChI is InChI=1S/C14H23NO3S/c1-5-11(4)13-8-12(19(15,16)17)6-7-14(13)18-9-10(2)3/h6-8,10-11H,5,9H2,1-4H3,(H2,15,16,17). The largest absolute Gasteiger partial charge is 0.493 e. The minimum Gasteiger partial charge on any atom is -0.493 e. The maximum atomic E-state index is 11.4. The predicted molar refractivity (Wildman–Crippen MR) is 76.9 cm³/mol. The minimum atomic E-state index is -3.67. The molecular weight excluding hydrogens is 262 g/mol. The van der Waals surface area contributed by atoms with Gasteiger partial charge in [0.15, 0.2) is 0 Å². The zero-order chi connectivity index (χ0) is 14.6. The van der Waals surface area contributed by atoms with E-state index in [1.54, 1.807) is 12.1 Å². The Labute approximate surface area is 116 Å². The van der Waals surface area contributed by atoms with E-state index in [0.29, 0.717) is 12.5 Å². The molecule has 1 aromatic carbocycles. The first-order valence-electron chi connectivity index (χ1n) is 6.55. The molecule has 0 spiro atoms. The van der Waals surface area contributed by atoms with Crippen molar-refractivity contribution >= 4 is 10.0 Å². The van der Waals surface area contributed by atoms with Gasteiger partial charge in [0.1, 0.15) is 5.75 Å². The first kappa shape index (κ1) is 16.0. The molecule has 1 unspecified atom stereocenters. The van der Waals surface area contributed by atoms with Gasteiger partial charge in [0, 0.05) is 0 Å². The van der Waals surface area contributed by atoms with Gasteiger partial charge in [0.05, 0.1) is 11.5 Å². The predicted octanol–water partition coefficient (Wildman–Crippen LogP) is 2.88. The Morgan fingerprint density at radius 3 is 2.37 bits per heavy atom. The monoisotopic (exact) mass is 285 g/mol. The Kier molecular flexibility index (Phi) is 5.38. The number of ether oxygens (including phenoxy) is 1. The third kappa shape index (κ3) is 4.51. The van der Waals surface area contributed by atoms with E-state index in [1.165, 1.54) is 6.07 Å². The molecule has 0 amide bonds. The quantitative estimate of drug-likeness (QED) is 0.873. The molecule has 0 aliphatic heterocycles. The van der Waals surface area contributed by atoms with Gasteiger partial charge in [-0.25, -0.2) is 13.6 Å². The highest BCUT2D eigenvalue weighted by Gasteiger charge is 2.16. The van der Waals surface area contributed by atoms with Gasteiger partial charge in [-0.1, -0.05) is 27.7 Å². The van der Waals surface area contributed by atoms with Crippen LogP contribution in [-0.2, 0) is 10.0 Å². The zero-order valence-electron chi connectivity index (χ0n) is 12.0. The van der Waals surface area contributed by atoms with Crippen LogP contribution in [0.1, 0.15) is 45.6 Å². The third-order valence-electron chi connectivity index (χ3n) is 3.03. The molecule has 4 nitrogen and oxygen atoms in total. The van der Waals surface area contributed by atoms with Crippen LogP contribution in [0, 0.1) is 5.92 Å². The molecule has 0 bridgehead atoms. The van der Waals surface area contributed by atoms with Crippen LogP contribution in [0.15, 0.2) is 23.1 Å². The van der Waals surface area contributed by atoms with Gasteiger partial charge in [0.2, 0.25) is 10.0 Å². The summed E-state index contributed by atoms with van der Waals surface area (Å²) in [5.74, 6) is 1.39. The molecule has 0 aliphatic carbocycles. The lowest BCUT2D eigenvalue weighted by atomic mass is 9.98. The van der Waals surface area contributed by atoms with Crippen LogP contribution in [-0.4, -0.2) is 15.0 Å². The number of benzene rings is 1. The molecule has 1 atom stereocenters. The highest BCUT2D eigenvalue weighted by Crippen LogP contribution is 2.31. The molecule has 1 rings (SSSR count). The SMILES string of the molecule is CCC(C)c1cc(S(N)(=O)=O)ccc1OCC(C)C. The molecule has 0 fully saturated rings. The van der Waals surface area contributed by atoms with Crippen molar-refractivity contribution in [3.05, 3.63) is 23.8 Å². The van der Waals surface area contributed by atoms with Crippen LogP contribution < -0.4 is 9.88 Å². The lowest BCUT2D eigenvalue weighted by Crippen LogP contribution is -2.13. The maximum Gasteiger partial charge on any atom is 0.238 e. The topological polar surface area (TPSA) is 69.4 Å². The number of nitrogens with two attached hydrogens (primary N) is 1. The Morgan fingerprint density at radius 1 is 1.26 bits per heavy atom. The second kappa shape index (κ2) is 6.39. The smallest absolute Gasteiger partial charge is 0.238 e. The summed E-state index contributed by atoms with van der Waals surface area (Å²) in [6.45, 7) is 8.85. The van der Waals surface area contributed by atoms with Crippen molar-refractivity contribution in [3.63, 3.8) is 0 Å². The highest BCUT2D eigenvalue weighted by molar-refractivity contribution is 7.89. The summed E-state index contributed by atoms with van der Waals surface area (Å²) < 4.78 is 28.6. The number of rotatable bonds is 6. The van der Waals surface area contributed by atoms with E-state index in [9.17, 15) is 8.42 Å². The van der Waals surface area contributed by atoms with Crippen molar-refractivity contribution in [3.8, 4) is 5.75 Å². The Balaban J connectivity index is 3.17. The van der Waals surface area contributed by atoms with Crippen LogP contribution >= 0.6 is 0 Å². The Bertz CT molecular complexity index is 523. The lowest BCUT2D eigenvalue weighted by molar-refractivity contribution is 0.267. The molecule has 0 heterocycles. The molecule has 0 saturated carbocycles. The summed E-state index contributed by atoms with van der Waals surface area (Å²) >= 11 is 0. The first-order valence-corrected chi connectivity index (χ1v) is 8.09. The normalized spacial score (nSPS) is 13.6. The van der Waals surface area contributed by atoms with Crippen molar-refractivity contribution in [1.29, 1.82) is 0 Å². The molecule has 0 aliphatic rings. The summed E-state index contributed by atoms with van der Waals surface area (Å²) in [7, 11) is -3.67. The summed E-state index contributed by atoms with van der Waals surface area (Å²) in [5, 5.41) is 5.17. The van der Waals surface area contributed by atoms with Crippen LogP contribution in [0.3, 0.4) is 0 Å². The number of sulfonamides is 1. The fraction of sp³-hybridized carbons (Fsp3) is 0.571. The van der Waals surface area contributed by atoms with Gasteiger partial charge in [0.25, 0.3) is 0 Å². The second-order valence-corrected chi connectivity index (χ2v) is 6.82. The first-order chi connectivity index (χ1) is 8.75. The van der Waals surface area contributed by atoms with E-state index in [0.717, 1.165) is 17.7 Å². The number of primary sulfonamides is 1. The average Bonchev–Trinajstić information content (AvgIpc) is 2.34.